The largest absolute Gasteiger partial charge is 0.317 e. The SMILES string of the molecule is [2H]C1([2H])CCCN1. The first-order valence-corrected chi connectivity index (χ1v) is 1.96. The minimum absolute atomic E-state index is 0.674. The minimum atomic E-state index is -1.06. The summed E-state index contributed by atoms with van der Waals surface area (Å²) in [5.74, 6) is 0. The van der Waals surface area contributed by atoms with Crippen LogP contribution in [0.2, 0.25) is 0 Å². The zero-order chi connectivity index (χ0) is 5.33. The van der Waals surface area contributed by atoms with Crippen molar-refractivity contribution in [1.29, 1.82) is 0 Å². The van der Waals surface area contributed by atoms with Gasteiger partial charge in [0.2, 0.25) is 0 Å². The lowest BCUT2D eigenvalue weighted by molar-refractivity contribution is 0.857. The standard InChI is InChI=1S/C4H9N/c1-2-4-5-3-1/h5H,1-4H2/i3D2. The molecule has 0 unspecified atom stereocenters. The summed E-state index contributed by atoms with van der Waals surface area (Å²) in [5, 5.41) is 2.73. The second-order valence-corrected chi connectivity index (χ2v) is 1.21. The summed E-state index contributed by atoms with van der Waals surface area (Å²) < 4.78 is 14.1. The van der Waals surface area contributed by atoms with Gasteiger partial charge in [-0.2, -0.15) is 0 Å². The molecule has 0 aliphatic carbocycles. The van der Waals surface area contributed by atoms with Crippen molar-refractivity contribution in [2.24, 2.45) is 0 Å². The Hall–Kier alpha value is -0.0400. The molecule has 0 aromatic heterocycles. The van der Waals surface area contributed by atoms with Gasteiger partial charge in [0.05, 0.1) is 0 Å². The van der Waals surface area contributed by atoms with Gasteiger partial charge in [-0.3, -0.25) is 0 Å². The van der Waals surface area contributed by atoms with Crippen LogP contribution in [0, 0.1) is 0 Å². The van der Waals surface area contributed by atoms with Gasteiger partial charge in [0.25, 0.3) is 0 Å². The van der Waals surface area contributed by atoms with Gasteiger partial charge in [0.1, 0.15) is 0 Å². The van der Waals surface area contributed by atoms with Gasteiger partial charge in [-0.05, 0) is 25.9 Å². The average Bonchev–Trinajstić information content (AvgIpc) is 1.84. The Morgan fingerprint density at radius 1 is 1.60 bits per heavy atom. The second kappa shape index (κ2) is 1.41. The van der Waals surface area contributed by atoms with Crippen molar-refractivity contribution in [2.75, 3.05) is 13.0 Å². The van der Waals surface area contributed by atoms with E-state index < -0.39 is 6.50 Å². The summed E-state index contributed by atoms with van der Waals surface area (Å²) >= 11 is 0. The molecule has 0 aromatic rings. The highest BCUT2D eigenvalue weighted by molar-refractivity contribution is 4.55. The van der Waals surface area contributed by atoms with Crippen LogP contribution in [-0.4, -0.2) is 13.0 Å². The van der Waals surface area contributed by atoms with Gasteiger partial charge in [0.15, 0.2) is 0 Å². The first-order valence-electron chi connectivity index (χ1n) is 2.96. The Morgan fingerprint density at radius 2 is 2.60 bits per heavy atom. The first kappa shape index (κ1) is 1.61. The fourth-order valence-electron chi connectivity index (χ4n) is 0.442. The molecule has 1 rings (SSSR count). The quantitative estimate of drug-likeness (QED) is 0.437. The second-order valence-electron chi connectivity index (χ2n) is 1.21. The van der Waals surface area contributed by atoms with Crippen LogP contribution in [0.25, 0.3) is 0 Å². The molecule has 1 aliphatic rings. The maximum atomic E-state index is 7.04. The maximum absolute atomic E-state index is 7.04. The third-order valence-corrected chi connectivity index (χ3v) is 0.729. The summed E-state index contributed by atoms with van der Waals surface area (Å²) in [7, 11) is 0. The Bertz CT molecular complexity index is 64.1. The fourth-order valence-corrected chi connectivity index (χ4v) is 0.442. The molecule has 1 N–H and O–H groups in total. The van der Waals surface area contributed by atoms with Gasteiger partial charge in [0, 0.05) is 2.74 Å². The van der Waals surface area contributed by atoms with E-state index in [0.717, 1.165) is 13.0 Å². The number of nitrogens with one attached hydrogen (secondary N) is 1. The van der Waals surface area contributed by atoms with E-state index in [2.05, 4.69) is 5.32 Å². The molecular formula is C4H9N. The molecule has 0 saturated carbocycles. The molecule has 1 nitrogen and oxygen atoms in total. The summed E-state index contributed by atoms with van der Waals surface area (Å²) in [6.45, 7) is -0.215. The number of rotatable bonds is 0. The maximum Gasteiger partial charge on any atom is 0.0428 e. The lowest BCUT2D eigenvalue weighted by Gasteiger charge is -1.76. The molecule has 1 aliphatic heterocycles. The molecule has 0 bridgehead atoms. The summed E-state index contributed by atoms with van der Waals surface area (Å²) in [6.07, 6.45) is 1.65. The Labute approximate surface area is 35.2 Å². The zero-order valence-electron chi connectivity index (χ0n) is 5.12. The van der Waals surface area contributed by atoms with Crippen LogP contribution in [0.4, 0.5) is 0 Å². The molecule has 0 radical (unpaired) electrons. The van der Waals surface area contributed by atoms with Crippen molar-refractivity contribution < 1.29 is 2.74 Å². The van der Waals surface area contributed by atoms with Crippen molar-refractivity contribution in [3.05, 3.63) is 0 Å². The van der Waals surface area contributed by atoms with Gasteiger partial charge >= 0.3 is 0 Å². The van der Waals surface area contributed by atoms with Crippen molar-refractivity contribution >= 4 is 0 Å². The molecule has 1 heteroatoms. The zero-order valence-corrected chi connectivity index (χ0v) is 3.12. The van der Waals surface area contributed by atoms with Crippen LogP contribution >= 0.6 is 0 Å². The van der Waals surface area contributed by atoms with E-state index in [-0.39, 0.29) is 0 Å². The van der Waals surface area contributed by atoms with Crippen molar-refractivity contribution in [1.82, 2.24) is 5.32 Å². The Morgan fingerprint density at radius 3 is 2.80 bits per heavy atom. The molecule has 0 amide bonds. The van der Waals surface area contributed by atoms with E-state index in [1.54, 1.807) is 0 Å². The lowest BCUT2D eigenvalue weighted by Crippen LogP contribution is -2.03. The van der Waals surface area contributed by atoms with E-state index in [1.165, 1.54) is 0 Å². The third-order valence-electron chi connectivity index (χ3n) is 0.729. The molecule has 0 atom stereocenters. The predicted molar refractivity (Wildman–Crippen MR) is 22.1 cm³/mol. The van der Waals surface area contributed by atoms with Crippen LogP contribution in [0.1, 0.15) is 15.6 Å². The van der Waals surface area contributed by atoms with Gasteiger partial charge in [-0.25, -0.2) is 0 Å². The molecule has 5 heavy (non-hydrogen) atoms. The van der Waals surface area contributed by atoms with Crippen LogP contribution in [0.5, 0.6) is 0 Å². The van der Waals surface area contributed by atoms with Crippen LogP contribution in [0.3, 0.4) is 0 Å². The summed E-state index contributed by atoms with van der Waals surface area (Å²) in [6, 6.07) is 0. The van der Waals surface area contributed by atoms with E-state index in [9.17, 15) is 0 Å². The molecular weight excluding hydrogens is 62.1 g/mol. The van der Waals surface area contributed by atoms with Crippen molar-refractivity contribution in [3.8, 4) is 0 Å². The molecule has 30 valence electrons. The average molecular weight is 73.1 g/mol. The minimum Gasteiger partial charge on any atom is -0.317 e. The topological polar surface area (TPSA) is 12.0 Å². The number of hydrogen-bond acceptors (Lipinski definition) is 1. The van der Waals surface area contributed by atoms with Gasteiger partial charge in [-0.15, -0.1) is 0 Å². The first-order chi connectivity index (χ1) is 3.21. The van der Waals surface area contributed by atoms with E-state index in [4.69, 9.17) is 2.74 Å². The third kappa shape index (κ3) is 0.618. The van der Waals surface area contributed by atoms with Crippen molar-refractivity contribution in [2.45, 2.75) is 12.8 Å². The Balaban J connectivity index is 2.40. The van der Waals surface area contributed by atoms with Gasteiger partial charge in [-0.1, -0.05) is 0 Å². The molecule has 1 heterocycles. The molecule has 0 aromatic carbocycles. The van der Waals surface area contributed by atoms with E-state index in [0.29, 0.717) is 6.42 Å². The predicted octanol–water partition coefficient (Wildman–Crippen LogP) is 0.370. The summed E-state index contributed by atoms with van der Waals surface area (Å²) in [5.41, 5.74) is 0. The van der Waals surface area contributed by atoms with Gasteiger partial charge < -0.3 is 5.32 Å². The highest BCUT2D eigenvalue weighted by Gasteiger charge is 1.93. The van der Waals surface area contributed by atoms with Crippen molar-refractivity contribution in [3.63, 3.8) is 0 Å². The molecule has 1 saturated heterocycles. The van der Waals surface area contributed by atoms with E-state index in [1.807, 2.05) is 0 Å². The normalized spacial score (nSPS) is 40.0. The number of hydrogen-bond donors (Lipinski definition) is 1. The van der Waals surface area contributed by atoms with Crippen LogP contribution < -0.4 is 5.32 Å². The highest BCUT2D eigenvalue weighted by Crippen LogP contribution is 1.90. The summed E-state index contributed by atoms with van der Waals surface area (Å²) in [4.78, 5) is 0. The molecule has 0 spiro atoms. The van der Waals surface area contributed by atoms with Crippen LogP contribution in [-0.2, 0) is 0 Å². The lowest BCUT2D eigenvalue weighted by atomic mass is 10.4. The molecule has 1 fully saturated rings. The monoisotopic (exact) mass is 73.1 g/mol. The highest BCUT2D eigenvalue weighted by atomic mass is 14.9. The smallest absolute Gasteiger partial charge is 0.0428 e. The fraction of sp³-hybridized carbons (Fsp3) is 1.00. The Kier molecular flexibility index (Phi) is 0.453. The van der Waals surface area contributed by atoms with Crippen LogP contribution in [0.15, 0.2) is 0 Å². The van der Waals surface area contributed by atoms with E-state index >= 15 is 0 Å².